The molecule has 0 unspecified atom stereocenters. The Labute approximate surface area is 110 Å². The van der Waals surface area contributed by atoms with Crippen molar-refractivity contribution in [3.63, 3.8) is 0 Å². The quantitative estimate of drug-likeness (QED) is 0.892. The fourth-order valence-corrected chi connectivity index (χ4v) is 3.11. The number of aryl methyl sites for hydroxylation is 1. The molecule has 0 spiro atoms. The van der Waals surface area contributed by atoms with E-state index in [1.165, 1.54) is 0 Å². The van der Waals surface area contributed by atoms with Gasteiger partial charge in [-0.3, -0.25) is 0 Å². The third-order valence-electron chi connectivity index (χ3n) is 4.53. The molecule has 0 radical (unpaired) electrons. The number of aliphatic hydroxyl groups is 1. The van der Waals surface area contributed by atoms with E-state index < -0.39 is 5.60 Å². The van der Waals surface area contributed by atoms with Gasteiger partial charge < -0.3 is 9.67 Å². The molecule has 1 aliphatic rings. The van der Waals surface area contributed by atoms with Crippen LogP contribution in [0.15, 0.2) is 12.4 Å². The van der Waals surface area contributed by atoms with E-state index in [9.17, 15) is 5.11 Å². The largest absolute Gasteiger partial charge is 0.389 e. The first-order valence-electron chi connectivity index (χ1n) is 7.26. The molecule has 0 aromatic carbocycles. The number of imidazole rings is 1. The van der Waals surface area contributed by atoms with Gasteiger partial charge in [0.15, 0.2) is 0 Å². The fourth-order valence-electron chi connectivity index (χ4n) is 3.11. The molecule has 2 rings (SSSR count). The average molecular weight is 250 g/mol. The molecular formula is C15H26N2O. The third-order valence-corrected chi connectivity index (χ3v) is 4.53. The summed E-state index contributed by atoms with van der Waals surface area (Å²) in [6.45, 7) is 7.63. The average Bonchev–Trinajstić information content (AvgIpc) is 2.76. The van der Waals surface area contributed by atoms with Crippen LogP contribution in [0.3, 0.4) is 0 Å². The number of nitrogens with zero attached hydrogens (tertiary/aromatic N) is 2. The Bertz CT molecular complexity index is 376. The van der Waals surface area contributed by atoms with Crippen molar-refractivity contribution in [3.8, 4) is 0 Å². The summed E-state index contributed by atoms with van der Waals surface area (Å²) in [7, 11) is 0. The topological polar surface area (TPSA) is 38.0 Å². The summed E-state index contributed by atoms with van der Waals surface area (Å²) in [5, 5.41) is 10.7. The third kappa shape index (κ3) is 2.94. The maximum absolute atomic E-state index is 10.7. The van der Waals surface area contributed by atoms with E-state index in [0.717, 1.165) is 49.9 Å². The van der Waals surface area contributed by atoms with Crippen LogP contribution < -0.4 is 0 Å². The minimum atomic E-state index is -0.524. The van der Waals surface area contributed by atoms with Crippen molar-refractivity contribution in [2.24, 2.45) is 11.8 Å². The second kappa shape index (κ2) is 5.43. The summed E-state index contributed by atoms with van der Waals surface area (Å²) in [5.41, 5.74) is -0.524. The second-order valence-electron chi connectivity index (χ2n) is 6.11. The lowest BCUT2D eigenvalue weighted by atomic mass is 9.73. The molecule has 0 aliphatic heterocycles. The highest BCUT2D eigenvalue weighted by Crippen LogP contribution is 2.37. The van der Waals surface area contributed by atoms with E-state index >= 15 is 0 Å². The van der Waals surface area contributed by atoms with Crippen molar-refractivity contribution in [1.29, 1.82) is 0 Å². The lowest BCUT2D eigenvalue weighted by Gasteiger charge is -2.37. The molecule has 1 fully saturated rings. The van der Waals surface area contributed by atoms with Gasteiger partial charge in [0, 0.05) is 25.4 Å². The molecule has 1 saturated carbocycles. The van der Waals surface area contributed by atoms with Crippen LogP contribution in [-0.2, 0) is 13.0 Å². The molecule has 0 bridgehead atoms. The first-order valence-corrected chi connectivity index (χ1v) is 7.26. The molecule has 1 aromatic rings. The Morgan fingerprint density at radius 2 is 2.11 bits per heavy atom. The highest BCUT2D eigenvalue weighted by Gasteiger charge is 2.35. The zero-order chi connectivity index (χ0) is 13.2. The van der Waals surface area contributed by atoms with E-state index in [-0.39, 0.29) is 0 Å². The standard InChI is InChI=1S/C15H26N2O/c1-4-17-10-9-16-14(17)11-15(18)7-5-13(6-8-15)12(2)3/h9-10,12-13,18H,4-8,11H2,1-3H3. The molecule has 0 atom stereocenters. The lowest BCUT2D eigenvalue weighted by Crippen LogP contribution is -2.38. The number of rotatable bonds is 4. The Morgan fingerprint density at radius 3 is 2.67 bits per heavy atom. The molecule has 3 nitrogen and oxygen atoms in total. The molecule has 18 heavy (non-hydrogen) atoms. The van der Waals surface area contributed by atoms with Crippen LogP contribution in [0, 0.1) is 11.8 Å². The number of hydrogen-bond donors (Lipinski definition) is 1. The van der Waals surface area contributed by atoms with Crippen LogP contribution in [0.5, 0.6) is 0 Å². The van der Waals surface area contributed by atoms with Gasteiger partial charge in [0.05, 0.1) is 5.60 Å². The van der Waals surface area contributed by atoms with Crippen LogP contribution in [0.1, 0.15) is 52.3 Å². The normalized spacial score (nSPS) is 28.8. The zero-order valence-corrected chi connectivity index (χ0v) is 11.9. The molecule has 0 amide bonds. The Balaban J connectivity index is 1.97. The highest BCUT2D eigenvalue weighted by molar-refractivity contribution is 5.00. The molecule has 1 N–H and O–H groups in total. The van der Waals surface area contributed by atoms with Crippen molar-refractivity contribution in [3.05, 3.63) is 18.2 Å². The number of hydrogen-bond acceptors (Lipinski definition) is 2. The summed E-state index contributed by atoms with van der Waals surface area (Å²) >= 11 is 0. The summed E-state index contributed by atoms with van der Waals surface area (Å²) in [6, 6.07) is 0. The van der Waals surface area contributed by atoms with Gasteiger partial charge in [-0.1, -0.05) is 13.8 Å². The van der Waals surface area contributed by atoms with Crippen molar-refractivity contribution in [2.75, 3.05) is 0 Å². The van der Waals surface area contributed by atoms with Gasteiger partial charge in [-0.2, -0.15) is 0 Å². The smallest absolute Gasteiger partial charge is 0.111 e. The van der Waals surface area contributed by atoms with Gasteiger partial charge in [0.2, 0.25) is 0 Å². The monoisotopic (exact) mass is 250 g/mol. The Hall–Kier alpha value is -0.830. The highest BCUT2D eigenvalue weighted by atomic mass is 16.3. The van der Waals surface area contributed by atoms with E-state index in [1.54, 1.807) is 0 Å². The van der Waals surface area contributed by atoms with Crippen molar-refractivity contribution in [1.82, 2.24) is 9.55 Å². The molecule has 1 heterocycles. The van der Waals surface area contributed by atoms with Crippen molar-refractivity contribution >= 4 is 0 Å². The van der Waals surface area contributed by atoms with E-state index in [1.807, 2.05) is 12.4 Å². The Kier molecular flexibility index (Phi) is 4.10. The Morgan fingerprint density at radius 1 is 1.44 bits per heavy atom. The van der Waals surface area contributed by atoms with Crippen LogP contribution >= 0.6 is 0 Å². The van der Waals surface area contributed by atoms with E-state index in [0.29, 0.717) is 6.42 Å². The van der Waals surface area contributed by atoms with Gasteiger partial charge in [-0.05, 0) is 44.4 Å². The summed E-state index contributed by atoms with van der Waals surface area (Å²) in [6.07, 6.45) is 8.69. The van der Waals surface area contributed by atoms with Gasteiger partial charge >= 0.3 is 0 Å². The van der Waals surface area contributed by atoms with Gasteiger partial charge in [-0.15, -0.1) is 0 Å². The lowest BCUT2D eigenvalue weighted by molar-refractivity contribution is -0.0166. The zero-order valence-electron chi connectivity index (χ0n) is 11.9. The van der Waals surface area contributed by atoms with E-state index in [2.05, 4.69) is 30.3 Å². The van der Waals surface area contributed by atoms with Crippen molar-refractivity contribution in [2.45, 2.75) is 65.0 Å². The van der Waals surface area contributed by atoms with E-state index in [4.69, 9.17) is 0 Å². The van der Waals surface area contributed by atoms with Crippen LogP contribution in [-0.4, -0.2) is 20.3 Å². The first-order chi connectivity index (χ1) is 8.54. The van der Waals surface area contributed by atoms with Gasteiger partial charge in [-0.25, -0.2) is 4.98 Å². The summed E-state index contributed by atoms with van der Waals surface area (Å²) in [5.74, 6) is 2.56. The van der Waals surface area contributed by atoms with Crippen molar-refractivity contribution < 1.29 is 5.11 Å². The van der Waals surface area contributed by atoms with Crippen LogP contribution in [0.2, 0.25) is 0 Å². The predicted octanol–water partition coefficient (Wildman–Crippen LogP) is 3.02. The molecule has 3 heteroatoms. The SMILES string of the molecule is CCn1ccnc1CC1(O)CCC(C(C)C)CC1. The molecular weight excluding hydrogens is 224 g/mol. The minimum Gasteiger partial charge on any atom is -0.389 e. The molecule has 1 aromatic heterocycles. The first kappa shape index (κ1) is 13.6. The second-order valence-corrected chi connectivity index (χ2v) is 6.11. The predicted molar refractivity (Wildman–Crippen MR) is 73.4 cm³/mol. The van der Waals surface area contributed by atoms with Gasteiger partial charge in [0.1, 0.15) is 5.82 Å². The molecule has 102 valence electrons. The molecule has 1 aliphatic carbocycles. The molecule has 0 saturated heterocycles. The van der Waals surface area contributed by atoms with Crippen LogP contribution in [0.25, 0.3) is 0 Å². The summed E-state index contributed by atoms with van der Waals surface area (Å²) < 4.78 is 2.13. The maximum atomic E-state index is 10.7. The fraction of sp³-hybridized carbons (Fsp3) is 0.800. The van der Waals surface area contributed by atoms with Gasteiger partial charge in [0.25, 0.3) is 0 Å². The summed E-state index contributed by atoms with van der Waals surface area (Å²) in [4.78, 5) is 4.38. The number of aromatic nitrogens is 2. The minimum absolute atomic E-state index is 0.524. The van der Waals surface area contributed by atoms with Crippen LogP contribution in [0.4, 0.5) is 0 Å². The maximum Gasteiger partial charge on any atom is 0.111 e.